The Labute approximate surface area is 176 Å². The van der Waals surface area contributed by atoms with Gasteiger partial charge in [-0.25, -0.2) is 9.18 Å². The fourth-order valence-electron chi connectivity index (χ4n) is 2.63. The Morgan fingerprint density at radius 1 is 1.03 bits per heavy atom. The van der Waals surface area contributed by atoms with Gasteiger partial charge in [0, 0.05) is 22.8 Å². The van der Waals surface area contributed by atoms with Crippen LogP contribution in [0, 0.1) is 12.7 Å². The van der Waals surface area contributed by atoms with Crippen LogP contribution in [0.15, 0.2) is 54.6 Å². The number of carbonyl (C=O) groups excluding carboxylic acids is 1. The number of aromatic carboxylic acids is 1. The highest BCUT2D eigenvalue weighted by Gasteiger charge is 2.18. The largest absolute Gasteiger partial charge is 0.497 e. The lowest BCUT2D eigenvalue weighted by Gasteiger charge is -2.14. The second kappa shape index (κ2) is 8.84. The fourth-order valence-corrected chi connectivity index (χ4v) is 2.78. The van der Waals surface area contributed by atoms with Crippen molar-refractivity contribution < 1.29 is 28.6 Å². The number of rotatable bonds is 6. The van der Waals surface area contributed by atoms with Gasteiger partial charge in [-0.2, -0.15) is 0 Å². The topological polar surface area (TPSA) is 84.9 Å². The van der Waals surface area contributed by atoms with Crippen molar-refractivity contribution in [1.82, 2.24) is 0 Å². The molecule has 0 unspecified atom stereocenters. The highest BCUT2D eigenvalue weighted by Crippen LogP contribution is 2.33. The quantitative estimate of drug-likeness (QED) is 0.537. The Kier molecular flexibility index (Phi) is 6.23. The third-order valence-corrected chi connectivity index (χ3v) is 4.66. The number of aryl methyl sites for hydroxylation is 1. The zero-order valence-corrected chi connectivity index (χ0v) is 16.8. The van der Waals surface area contributed by atoms with Crippen LogP contribution in [0.25, 0.3) is 0 Å². The van der Waals surface area contributed by atoms with E-state index in [1.54, 1.807) is 6.92 Å². The first kappa shape index (κ1) is 21.1. The summed E-state index contributed by atoms with van der Waals surface area (Å²) in [5, 5.41) is 12.0. The maximum Gasteiger partial charge on any atom is 0.335 e. The van der Waals surface area contributed by atoms with Crippen molar-refractivity contribution in [2.24, 2.45) is 0 Å². The van der Waals surface area contributed by atoms with Crippen LogP contribution >= 0.6 is 11.6 Å². The zero-order valence-electron chi connectivity index (χ0n) is 16.0. The van der Waals surface area contributed by atoms with Gasteiger partial charge in [0.2, 0.25) is 0 Å². The van der Waals surface area contributed by atoms with Crippen molar-refractivity contribution in [2.45, 2.75) is 6.92 Å². The first-order valence-corrected chi connectivity index (χ1v) is 9.12. The SMILES string of the molecule is COc1ccc(Oc2cc(Cl)c(C)cc2C(=O)Nc2ccc(C(=O)O)cc2)c(F)c1. The van der Waals surface area contributed by atoms with Gasteiger partial charge in [-0.15, -0.1) is 0 Å². The molecule has 0 heterocycles. The Balaban J connectivity index is 1.91. The van der Waals surface area contributed by atoms with Gasteiger partial charge in [-0.3, -0.25) is 4.79 Å². The highest BCUT2D eigenvalue weighted by molar-refractivity contribution is 6.31. The molecule has 3 aromatic carbocycles. The molecule has 6 nitrogen and oxygen atoms in total. The Morgan fingerprint density at radius 2 is 1.73 bits per heavy atom. The third kappa shape index (κ3) is 4.69. The van der Waals surface area contributed by atoms with Crippen molar-refractivity contribution in [1.29, 1.82) is 0 Å². The molecule has 0 atom stereocenters. The highest BCUT2D eigenvalue weighted by atomic mass is 35.5. The van der Waals surface area contributed by atoms with E-state index >= 15 is 0 Å². The molecule has 0 saturated carbocycles. The Bertz CT molecular complexity index is 1120. The van der Waals surface area contributed by atoms with E-state index < -0.39 is 17.7 Å². The van der Waals surface area contributed by atoms with Crippen LogP contribution < -0.4 is 14.8 Å². The summed E-state index contributed by atoms with van der Waals surface area (Å²) in [7, 11) is 1.42. The second-order valence-electron chi connectivity index (χ2n) is 6.33. The molecule has 0 aliphatic heterocycles. The molecule has 0 bridgehead atoms. The predicted molar refractivity (Wildman–Crippen MR) is 111 cm³/mol. The molecule has 0 fully saturated rings. The summed E-state index contributed by atoms with van der Waals surface area (Å²) >= 11 is 6.17. The first-order valence-electron chi connectivity index (χ1n) is 8.74. The van der Waals surface area contributed by atoms with Gasteiger partial charge in [0.05, 0.1) is 18.2 Å². The molecule has 1 amide bonds. The molecular weight excluding hydrogens is 413 g/mol. The number of halogens is 2. The monoisotopic (exact) mass is 429 g/mol. The number of hydrogen-bond donors (Lipinski definition) is 2. The van der Waals surface area contributed by atoms with E-state index in [0.29, 0.717) is 22.0 Å². The minimum Gasteiger partial charge on any atom is -0.497 e. The van der Waals surface area contributed by atoms with Gasteiger partial charge >= 0.3 is 5.97 Å². The first-order chi connectivity index (χ1) is 14.3. The minimum atomic E-state index is -1.07. The van der Waals surface area contributed by atoms with E-state index in [-0.39, 0.29) is 22.6 Å². The molecule has 0 aliphatic carbocycles. The van der Waals surface area contributed by atoms with Crippen molar-refractivity contribution in [3.63, 3.8) is 0 Å². The van der Waals surface area contributed by atoms with Crippen LogP contribution in [0.1, 0.15) is 26.3 Å². The number of methoxy groups -OCH3 is 1. The van der Waals surface area contributed by atoms with E-state index in [1.165, 1.54) is 55.6 Å². The summed E-state index contributed by atoms with van der Waals surface area (Å²) in [5.74, 6) is -1.98. The van der Waals surface area contributed by atoms with Crippen molar-refractivity contribution in [2.75, 3.05) is 12.4 Å². The number of hydrogen-bond acceptors (Lipinski definition) is 4. The van der Waals surface area contributed by atoms with Gasteiger partial charge < -0.3 is 19.9 Å². The van der Waals surface area contributed by atoms with E-state index in [1.807, 2.05) is 0 Å². The maximum atomic E-state index is 14.3. The van der Waals surface area contributed by atoms with Gasteiger partial charge in [-0.1, -0.05) is 11.6 Å². The van der Waals surface area contributed by atoms with Gasteiger partial charge in [0.25, 0.3) is 5.91 Å². The molecule has 154 valence electrons. The fraction of sp³-hybridized carbons (Fsp3) is 0.0909. The molecular formula is C22H17ClFNO5. The van der Waals surface area contributed by atoms with Gasteiger partial charge in [0.1, 0.15) is 11.5 Å². The number of amides is 1. The van der Waals surface area contributed by atoms with E-state index in [9.17, 15) is 14.0 Å². The molecule has 0 aromatic heterocycles. The number of carboxylic acids is 1. The minimum absolute atomic E-state index is 0.0642. The van der Waals surface area contributed by atoms with Crippen LogP contribution in [-0.4, -0.2) is 24.1 Å². The number of anilines is 1. The average Bonchev–Trinajstić information content (AvgIpc) is 2.72. The standard InChI is InChI=1S/C22H17ClFNO5/c1-12-9-16(21(26)25-14-5-3-13(4-6-14)22(27)28)20(11-17(12)23)30-19-8-7-15(29-2)10-18(19)24/h3-11H,1-2H3,(H,25,26)(H,27,28). The van der Waals surface area contributed by atoms with Crippen LogP contribution in [0.3, 0.4) is 0 Å². The summed E-state index contributed by atoms with van der Waals surface area (Å²) in [4.78, 5) is 23.8. The molecule has 8 heteroatoms. The number of ether oxygens (including phenoxy) is 2. The normalized spacial score (nSPS) is 10.4. The van der Waals surface area contributed by atoms with Gasteiger partial charge in [-0.05, 0) is 55.0 Å². The number of carboxylic acid groups (broad SMARTS) is 1. The third-order valence-electron chi connectivity index (χ3n) is 4.25. The molecule has 0 aliphatic rings. The Morgan fingerprint density at radius 3 is 2.33 bits per heavy atom. The molecule has 0 saturated heterocycles. The smallest absolute Gasteiger partial charge is 0.335 e. The van der Waals surface area contributed by atoms with Crippen LogP contribution in [0.5, 0.6) is 17.2 Å². The molecule has 3 aromatic rings. The van der Waals surface area contributed by atoms with Crippen LogP contribution in [0.4, 0.5) is 10.1 Å². The summed E-state index contributed by atoms with van der Waals surface area (Å²) < 4.78 is 24.9. The molecule has 3 rings (SSSR count). The average molecular weight is 430 g/mol. The van der Waals surface area contributed by atoms with Gasteiger partial charge in [0.15, 0.2) is 11.6 Å². The van der Waals surface area contributed by atoms with Crippen LogP contribution in [-0.2, 0) is 0 Å². The maximum absolute atomic E-state index is 14.3. The summed E-state index contributed by atoms with van der Waals surface area (Å²) in [6.07, 6.45) is 0. The van der Waals surface area contributed by atoms with Crippen molar-refractivity contribution in [3.05, 3.63) is 82.1 Å². The molecule has 0 radical (unpaired) electrons. The molecule has 0 spiro atoms. The lowest BCUT2D eigenvalue weighted by Crippen LogP contribution is -2.13. The van der Waals surface area contributed by atoms with E-state index in [4.69, 9.17) is 26.2 Å². The van der Waals surface area contributed by atoms with E-state index in [0.717, 1.165) is 6.07 Å². The van der Waals surface area contributed by atoms with Crippen LogP contribution in [0.2, 0.25) is 5.02 Å². The van der Waals surface area contributed by atoms with Crippen molar-refractivity contribution in [3.8, 4) is 17.2 Å². The lowest BCUT2D eigenvalue weighted by molar-refractivity contribution is 0.0696. The summed E-state index contributed by atoms with van der Waals surface area (Å²) in [6.45, 7) is 1.72. The second-order valence-corrected chi connectivity index (χ2v) is 6.74. The lowest BCUT2D eigenvalue weighted by atomic mass is 10.1. The van der Waals surface area contributed by atoms with Crippen molar-refractivity contribution >= 4 is 29.2 Å². The zero-order chi connectivity index (χ0) is 21.8. The summed E-state index contributed by atoms with van der Waals surface area (Å²) in [5.41, 5.74) is 1.24. The number of nitrogens with one attached hydrogen (secondary N) is 1. The predicted octanol–water partition coefficient (Wildman–Crippen LogP) is 5.54. The Hall–Kier alpha value is -3.58. The summed E-state index contributed by atoms with van der Waals surface area (Å²) in [6, 6.07) is 12.7. The van der Waals surface area contributed by atoms with E-state index in [2.05, 4.69) is 5.32 Å². The number of benzene rings is 3. The number of carbonyl (C=O) groups is 2. The molecule has 2 N–H and O–H groups in total. The molecule has 30 heavy (non-hydrogen) atoms.